The van der Waals surface area contributed by atoms with Crippen molar-refractivity contribution in [2.45, 2.75) is 6.54 Å². The van der Waals surface area contributed by atoms with E-state index in [1.807, 2.05) is 0 Å². The lowest BCUT2D eigenvalue weighted by Crippen LogP contribution is -2.00. The van der Waals surface area contributed by atoms with E-state index in [0.29, 0.717) is 6.54 Å². The van der Waals surface area contributed by atoms with Gasteiger partial charge in [-0.1, -0.05) is 12.1 Å². The number of hydrogen-bond acceptors (Lipinski definition) is 3. The van der Waals surface area contributed by atoms with Crippen molar-refractivity contribution in [1.29, 1.82) is 0 Å². The normalized spacial score (nSPS) is 10.2. The second kappa shape index (κ2) is 4.70. The zero-order valence-corrected chi connectivity index (χ0v) is 9.31. The van der Waals surface area contributed by atoms with Gasteiger partial charge in [0.25, 0.3) is 5.69 Å². The molecule has 0 spiro atoms. The van der Waals surface area contributed by atoms with E-state index in [0.717, 1.165) is 5.56 Å². The highest BCUT2D eigenvalue weighted by molar-refractivity contribution is 5.87. The fourth-order valence-corrected chi connectivity index (χ4v) is 1.65. The van der Waals surface area contributed by atoms with E-state index in [4.69, 9.17) is 5.11 Å². The summed E-state index contributed by atoms with van der Waals surface area (Å²) in [6.45, 7) is 0.398. The Morgan fingerprint density at radius 1 is 1.39 bits per heavy atom. The van der Waals surface area contributed by atoms with Crippen molar-refractivity contribution in [3.8, 4) is 0 Å². The highest BCUT2D eigenvalue weighted by atomic mass is 16.6. The molecule has 0 saturated carbocycles. The summed E-state index contributed by atoms with van der Waals surface area (Å²) in [4.78, 5) is 20.9. The van der Waals surface area contributed by atoms with E-state index in [1.54, 1.807) is 29.0 Å². The lowest BCUT2D eigenvalue weighted by molar-refractivity contribution is -0.384. The Hall–Kier alpha value is -2.63. The van der Waals surface area contributed by atoms with Crippen LogP contribution in [0, 0.1) is 10.1 Å². The Labute approximate surface area is 102 Å². The van der Waals surface area contributed by atoms with Gasteiger partial charge < -0.3 is 9.67 Å². The number of aromatic nitrogens is 1. The molecule has 0 aliphatic rings. The maximum atomic E-state index is 10.8. The summed E-state index contributed by atoms with van der Waals surface area (Å²) in [6, 6.07) is 7.88. The van der Waals surface area contributed by atoms with Gasteiger partial charge in [-0.25, -0.2) is 4.79 Å². The number of hydrogen-bond donors (Lipinski definition) is 1. The molecule has 1 heterocycles. The number of nitro groups is 1. The molecule has 0 amide bonds. The Bertz CT molecular complexity index is 604. The first-order valence-corrected chi connectivity index (χ1v) is 5.18. The SMILES string of the molecule is O=C(O)c1cccc(Cn2ccc([N+](=O)[O-])c2)c1. The molecule has 1 N–H and O–H groups in total. The van der Waals surface area contributed by atoms with Crippen LogP contribution in [0.15, 0.2) is 42.7 Å². The number of carboxylic acids is 1. The lowest BCUT2D eigenvalue weighted by Gasteiger charge is -2.03. The van der Waals surface area contributed by atoms with Crippen LogP contribution in [0.2, 0.25) is 0 Å². The molecule has 1 aromatic heterocycles. The van der Waals surface area contributed by atoms with Gasteiger partial charge in [0.1, 0.15) is 0 Å². The lowest BCUT2D eigenvalue weighted by atomic mass is 10.1. The van der Waals surface area contributed by atoms with Gasteiger partial charge in [-0.05, 0) is 17.7 Å². The molecule has 6 nitrogen and oxygen atoms in total. The van der Waals surface area contributed by atoms with Crippen LogP contribution in [-0.4, -0.2) is 20.6 Å². The molecule has 92 valence electrons. The minimum absolute atomic E-state index is 0.0180. The Kier molecular flexibility index (Phi) is 3.09. The monoisotopic (exact) mass is 246 g/mol. The van der Waals surface area contributed by atoms with Gasteiger partial charge in [-0.3, -0.25) is 10.1 Å². The molecule has 0 radical (unpaired) electrons. The first-order valence-electron chi connectivity index (χ1n) is 5.18. The summed E-state index contributed by atoms with van der Waals surface area (Å²) in [5.74, 6) is -0.990. The average Bonchev–Trinajstić information content (AvgIpc) is 2.78. The van der Waals surface area contributed by atoms with Crippen molar-refractivity contribution in [2.24, 2.45) is 0 Å². The molecular formula is C12H10N2O4. The molecule has 2 aromatic rings. The molecule has 2 rings (SSSR count). The van der Waals surface area contributed by atoms with Crippen molar-refractivity contribution in [2.75, 3.05) is 0 Å². The average molecular weight is 246 g/mol. The molecule has 0 fully saturated rings. The predicted octanol–water partition coefficient (Wildman–Crippen LogP) is 2.14. The van der Waals surface area contributed by atoms with Crippen LogP contribution in [0.25, 0.3) is 0 Å². The van der Waals surface area contributed by atoms with Gasteiger partial charge in [0.2, 0.25) is 0 Å². The number of nitrogens with zero attached hydrogens (tertiary/aromatic N) is 2. The number of carbonyl (C=O) groups is 1. The van der Waals surface area contributed by atoms with Crippen LogP contribution in [0.4, 0.5) is 5.69 Å². The summed E-state index contributed by atoms with van der Waals surface area (Å²) < 4.78 is 1.64. The zero-order valence-electron chi connectivity index (χ0n) is 9.31. The number of carboxylic acid groups (broad SMARTS) is 1. The van der Waals surface area contributed by atoms with E-state index >= 15 is 0 Å². The predicted molar refractivity (Wildman–Crippen MR) is 63.6 cm³/mol. The van der Waals surface area contributed by atoms with Crippen molar-refractivity contribution in [3.63, 3.8) is 0 Å². The van der Waals surface area contributed by atoms with Crippen molar-refractivity contribution in [3.05, 3.63) is 64.0 Å². The largest absolute Gasteiger partial charge is 0.478 e. The maximum absolute atomic E-state index is 10.8. The Morgan fingerprint density at radius 2 is 2.17 bits per heavy atom. The molecule has 0 saturated heterocycles. The molecular weight excluding hydrogens is 236 g/mol. The highest BCUT2D eigenvalue weighted by Gasteiger charge is 2.08. The van der Waals surface area contributed by atoms with Crippen LogP contribution in [-0.2, 0) is 6.54 Å². The van der Waals surface area contributed by atoms with Gasteiger partial charge in [0.15, 0.2) is 0 Å². The van der Waals surface area contributed by atoms with Gasteiger partial charge in [-0.2, -0.15) is 0 Å². The standard InChI is InChI=1S/C12H10N2O4/c15-12(16)10-3-1-2-9(6-10)7-13-5-4-11(8-13)14(17)18/h1-6,8H,7H2,(H,15,16). The van der Waals surface area contributed by atoms with E-state index in [1.165, 1.54) is 18.3 Å². The van der Waals surface area contributed by atoms with E-state index in [-0.39, 0.29) is 11.3 Å². The first-order chi connectivity index (χ1) is 8.56. The summed E-state index contributed by atoms with van der Waals surface area (Å²) in [5, 5.41) is 19.4. The van der Waals surface area contributed by atoms with Crippen LogP contribution < -0.4 is 0 Å². The van der Waals surface area contributed by atoms with Crippen LogP contribution >= 0.6 is 0 Å². The first kappa shape index (κ1) is 11.8. The molecule has 1 aromatic carbocycles. The maximum Gasteiger partial charge on any atom is 0.335 e. The summed E-state index contributed by atoms with van der Waals surface area (Å²) in [5.41, 5.74) is 0.999. The topological polar surface area (TPSA) is 85.4 Å². The van der Waals surface area contributed by atoms with Crippen molar-refractivity contribution >= 4 is 11.7 Å². The quantitative estimate of drug-likeness (QED) is 0.661. The fraction of sp³-hybridized carbons (Fsp3) is 0.0833. The van der Waals surface area contributed by atoms with E-state index in [9.17, 15) is 14.9 Å². The third kappa shape index (κ3) is 2.54. The molecule has 0 unspecified atom stereocenters. The van der Waals surface area contributed by atoms with Crippen LogP contribution in [0.5, 0.6) is 0 Å². The minimum atomic E-state index is -0.990. The van der Waals surface area contributed by atoms with Crippen molar-refractivity contribution < 1.29 is 14.8 Å². The zero-order chi connectivity index (χ0) is 13.1. The smallest absolute Gasteiger partial charge is 0.335 e. The third-order valence-electron chi connectivity index (χ3n) is 2.48. The second-order valence-electron chi connectivity index (χ2n) is 3.80. The molecule has 0 atom stereocenters. The number of aromatic carboxylic acids is 1. The molecule has 18 heavy (non-hydrogen) atoms. The Balaban J connectivity index is 2.20. The molecule has 0 aliphatic heterocycles. The van der Waals surface area contributed by atoms with E-state index in [2.05, 4.69) is 0 Å². The number of rotatable bonds is 4. The summed E-state index contributed by atoms with van der Waals surface area (Å²) >= 11 is 0. The van der Waals surface area contributed by atoms with Crippen molar-refractivity contribution in [1.82, 2.24) is 4.57 Å². The summed E-state index contributed by atoms with van der Waals surface area (Å²) in [6.07, 6.45) is 3.00. The third-order valence-corrected chi connectivity index (χ3v) is 2.48. The minimum Gasteiger partial charge on any atom is -0.478 e. The van der Waals surface area contributed by atoms with Gasteiger partial charge in [0.05, 0.1) is 16.7 Å². The molecule has 0 aliphatic carbocycles. The summed E-state index contributed by atoms with van der Waals surface area (Å²) in [7, 11) is 0. The van der Waals surface area contributed by atoms with Gasteiger partial charge in [-0.15, -0.1) is 0 Å². The van der Waals surface area contributed by atoms with Crippen LogP contribution in [0.3, 0.4) is 0 Å². The van der Waals surface area contributed by atoms with Gasteiger partial charge >= 0.3 is 5.97 Å². The molecule has 6 heteroatoms. The second-order valence-corrected chi connectivity index (χ2v) is 3.80. The highest BCUT2D eigenvalue weighted by Crippen LogP contribution is 2.13. The number of benzene rings is 1. The molecule has 0 bridgehead atoms. The Morgan fingerprint density at radius 3 is 2.78 bits per heavy atom. The fourth-order valence-electron chi connectivity index (χ4n) is 1.65. The van der Waals surface area contributed by atoms with Crippen LogP contribution in [0.1, 0.15) is 15.9 Å². The van der Waals surface area contributed by atoms with E-state index < -0.39 is 10.9 Å². The van der Waals surface area contributed by atoms with Gasteiger partial charge in [0, 0.05) is 18.8 Å².